The summed E-state index contributed by atoms with van der Waals surface area (Å²) >= 11 is 0. The molecule has 5 nitrogen and oxygen atoms in total. The number of nitrogens with one attached hydrogen (secondary N) is 1. The molecule has 2 aliphatic rings. The van der Waals surface area contributed by atoms with E-state index < -0.39 is 0 Å². The van der Waals surface area contributed by atoms with Crippen molar-refractivity contribution in [1.82, 2.24) is 10.2 Å². The minimum Gasteiger partial charge on any atom is -0.358 e. The largest absolute Gasteiger partial charge is 0.358 e. The maximum Gasteiger partial charge on any atom is 0.131 e. The second-order valence-corrected chi connectivity index (χ2v) is 5.96. The van der Waals surface area contributed by atoms with Gasteiger partial charge in [-0.15, -0.1) is 0 Å². The summed E-state index contributed by atoms with van der Waals surface area (Å²) in [6.45, 7) is 10.2. The summed E-state index contributed by atoms with van der Waals surface area (Å²) in [6.07, 6.45) is 6.78. The Bertz CT molecular complexity index is 372. The zero-order chi connectivity index (χ0) is 14.4. The number of piperidine rings is 2. The molecule has 0 saturated carbocycles. The molecule has 0 aromatic carbocycles. The van der Waals surface area contributed by atoms with Crippen molar-refractivity contribution in [2.75, 3.05) is 33.2 Å². The summed E-state index contributed by atoms with van der Waals surface area (Å²) < 4.78 is 0. The van der Waals surface area contributed by atoms with Gasteiger partial charge in [0.25, 0.3) is 0 Å². The molecule has 20 heavy (non-hydrogen) atoms. The van der Waals surface area contributed by atoms with Crippen molar-refractivity contribution >= 4 is 18.9 Å². The fourth-order valence-electron chi connectivity index (χ4n) is 3.32. The predicted octanol–water partition coefficient (Wildman–Crippen LogP) is 1.60. The third-order valence-corrected chi connectivity index (χ3v) is 4.77. The molecule has 2 rings (SSSR count). The van der Waals surface area contributed by atoms with Crippen LogP contribution in [0.1, 0.15) is 32.6 Å². The van der Waals surface area contributed by atoms with Crippen molar-refractivity contribution in [2.45, 2.75) is 38.6 Å². The average Bonchev–Trinajstić information content (AvgIpc) is 2.50. The summed E-state index contributed by atoms with van der Waals surface area (Å²) in [4.78, 5) is 14.9. The van der Waals surface area contributed by atoms with Crippen LogP contribution in [0.15, 0.2) is 15.0 Å². The first kappa shape index (κ1) is 15.2. The van der Waals surface area contributed by atoms with Crippen molar-refractivity contribution in [1.29, 1.82) is 0 Å². The lowest BCUT2D eigenvalue weighted by atomic mass is 9.71. The third kappa shape index (κ3) is 3.45. The van der Waals surface area contributed by atoms with Gasteiger partial charge in [0.05, 0.1) is 0 Å². The highest BCUT2D eigenvalue weighted by molar-refractivity contribution is 5.93. The van der Waals surface area contributed by atoms with Crippen LogP contribution in [-0.2, 0) is 0 Å². The van der Waals surface area contributed by atoms with Crippen molar-refractivity contribution in [3.05, 3.63) is 0 Å². The smallest absolute Gasteiger partial charge is 0.131 e. The molecule has 1 N–H and O–H groups in total. The van der Waals surface area contributed by atoms with Gasteiger partial charge in [-0.3, -0.25) is 9.98 Å². The molecule has 0 bridgehead atoms. The normalized spacial score (nSPS) is 25.1. The summed E-state index contributed by atoms with van der Waals surface area (Å²) in [7, 11) is 1.74. The number of rotatable bonds is 3. The average molecular weight is 277 g/mol. The maximum atomic E-state index is 4.48. The first-order chi connectivity index (χ1) is 9.71. The molecule has 0 aromatic rings. The van der Waals surface area contributed by atoms with E-state index in [0.29, 0.717) is 5.41 Å². The van der Waals surface area contributed by atoms with Gasteiger partial charge in [-0.25, -0.2) is 4.99 Å². The van der Waals surface area contributed by atoms with Gasteiger partial charge in [0.15, 0.2) is 0 Å². The predicted molar refractivity (Wildman–Crippen MR) is 86.2 cm³/mol. The first-order valence-electron chi connectivity index (χ1n) is 7.61. The van der Waals surface area contributed by atoms with Gasteiger partial charge in [-0.05, 0) is 57.8 Å². The topological polar surface area (TPSA) is 52.4 Å². The second-order valence-electron chi connectivity index (χ2n) is 5.96. The number of likely N-dealkylation sites (tertiary alicyclic amines) is 1. The molecule has 0 radical (unpaired) electrons. The molecule has 5 heteroatoms. The third-order valence-electron chi connectivity index (χ3n) is 4.77. The molecule has 2 fully saturated rings. The Morgan fingerprint density at radius 2 is 1.90 bits per heavy atom. The maximum absolute atomic E-state index is 4.48. The molecule has 0 aromatic heterocycles. The van der Waals surface area contributed by atoms with Gasteiger partial charge >= 0.3 is 0 Å². The highest BCUT2D eigenvalue weighted by Crippen LogP contribution is 2.39. The molecule has 1 atom stereocenters. The zero-order valence-electron chi connectivity index (χ0n) is 12.8. The van der Waals surface area contributed by atoms with Crippen molar-refractivity contribution in [2.24, 2.45) is 20.4 Å². The van der Waals surface area contributed by atoms with Crippen LogP contribution in [0.4, 0.5) is 0 Å². The second kappa shape index (κ2) is 6.97. The van der Waals surface area contributed by atoms with Gasteiger partial charge in [0.2, 0.25) is 0 Å². The van der Waals surface area contributed by atoms with E-state index in [-0.39, 0.29) is 6.04 Å². The standard InChI is InChI=1S/C15H27N5/c1-13(17-3)14(19-12-16-2)20-10-6-15(7-11-20)4-8-18-9-5-15/h12-13,18H,3-11H2,1-2H3. The molecule has 1 spiro atoms. The van der Waals surface area contributed by atoms with Crippen LogP contribution in [0.25, 0.3) is 0 Å². The molecule has 2 aliphatic heterocycles. The highest BCUT2D eigenvalue weighted by atomic mass is 15.2. The van der Waals surface area contributed by atoms with E-state index in [1.807, 2.05) is 6.92 Å². The van der Waals surface area contributed by atoms with Gasteiger partial charge in [-0.2, -0.15) is 0 Å². The Labute approximate surface area is 122 Å². The van der Waals surface area contributed by atoms with Crippen LogP contribution in [0.3, 0.4) is 0 Å². The molecule has 2 saturated heterocycles. The van der Waals surface area contributed by atoms with Crippen molar-refractivity contribution < 1.29 is 0 Å². The van der Waals surface area contributed by atoms with Crippen LogP contribution < -0.4 is 5.32 Å². The number of nitrogens with zero attached hydrogens (tertiary/aromatic N) is 4. The van der Waals surface area contributed by atoms with Crippen molar-refractivity contribution in [3.63, 3.8) is 0 Å². The first-order valence-corrected chi connectivity index (χ1v) is 7.61. The summed E-state index contributed by atoms with van der Waals surface area (Å²) in [5.41, 5.74) is 0.566. The lowest BCUT2D eigenvalue weighted by Crippen LogP contribution is -2.49. The Kier molecular flexibility index (Phi) is 5.29. The van der Waals surface area contributed by atoms with Crippen molar-refractivity contribution in [3.8, 4) is 0 Å². The van der Waals surface area contributed by atoms with E-state index in [1.54, 1.807) is 13.4 Å². The van der Waals surface area contributed by atoms with E-state index in [4.69, 9.17) is 0 Å². The van der Waals surface area contributed by atoms with E-state index >= 15 is 0 Å². The number of aliphatic imine (C=N–C) groups is 3. The quantitative estimate of drug-likeness (QED) is 0.629. The molecular formula is C15H27N5. The van der Waals surface area contributed by atoms with E-state index in [2.05, 4.69) is 31.9 Å². The molecule has 112 valence electrons. The molecule has 0 amide bonds. The number of hydrogen-bond acceptors (Lipinski definition) is 3. The SMILES string of the molecule is C=NC(C)C(=NC=NC)N1CCC2(CCNCC2)CC1. The minimum atomic E-state index is 0.0371. The minimum absolute atomic E-state index is 0.0371. The van der Waals surface area contributed by atoms with Gasteiger partial charge in [0, 0.05) is 20.1 Å². The van der Waals surface area contributed by atoms with Crippen LogP contribution in [0.5, 0.6) is 0 Å². The van der Waals surface area contributed by atoms with Gasteiger partial charge in [-0.1, -0.05) is 0 Å². The Hall–Kier alpha value is -1.23. The van der Waals surface area contributed by atoms with Gasteiger partial charge < -0.3 is 10.2 Å². The van der Waals surface area contributed by atoms with E-state index in [9.17, 15) is 0 Å². The lowest BCUT2D eigenvalue weighted by molar-refractivity contribution is 0.105. The van der Waals surface area contributed by atoms with Crippen LogP contribution in [-0.4, -0.2) is 63.1 Å². The zero-order valence-corrected chi connectivity index (χ0v) is 12.8. The summed E-state index contributed by atoms with van der Waals surface area (Å²) in [6, 6.07) is 0.0371. The number of amidine groups is 1. The highest BCUT2D eigenvalue weighted by Gasteiger charge is 2.36. The lowest BCUT2D eigenvalue weighted by Gasteiger charge is -2.45. The van der Waals surface area contributed by atoms with Crippen LogP contribution >= 0.6 is 0 Å². The summed E-state index contributed by atoms with van der Waals surface area (Å²) in [5, 5.41) is 3.47. The monoisotopic (exact) mass is 277 g/mol. The van der Waals surface area contributed by atoms with E-state index in [0.717, 1.165) is 18.9 Å². The summed E-state index contributed by atoms with van der Waals surface area (Å²) in [5.74, 6) is 1.01. The number of hydrogen-bond donors (Lipinski definition) is 1. The van der Waals surface area contributed by atoms with Gasteiger partial charge in [0.1, 0.15) is 18.2 Å². The Morgan fingerprint density at radius 3 is 2.45 bits per heavy atom. The van der Waals surface area contributed by atoms with Crippen LogP contribution in [0, 0.1) is 5.41 Å². The fraction of sp³-hybridized carbons (Fsp3) is 0.800. The Balaban J connectivity index is 2.01. The fourth-order valence-corrected chi connectivity index (χ4v) is 3.32. The van der Waals surface area contributed by atoms with Crippen LogP contribution in [0.2, 0.25) is 0 Å². The molecular weight excluding hydrogens is 250 g/mol. The Morgan fingerprint density at radius 1 is 1.25 bits per heavy atom. The molecule has 0 aliphatic carbocycles. The van der Waals surface area contributed by atoms with E-state index in [1.165, 1.54) is 38.8 Å². The molecule has 2 heterocycles. The molecule has 1 unspecified atom stereocenters.